The summed E-state index contributed by atoms with van der Waals surface area (Å²) in [5, 5.41) is 2.73. The molecule has 0 aliphatic carbocycles. The Bertz CT molecular complexity index is 974. The Labute approximate surface area is 156 Å². The number of benzene rings is 2. The van der Waals surface area contributed by atoms with Gasteiger partial charge in [-0.25, -0.2) is 8.42 Å². The molecule has 0 bridgehead atoms. The van der Waals surface area contributed by atoms with Crippen molar-refractivity contribution in [1.29, 1.82) is 0 Å². The summed E-state index contributed by atoms with van der Waals surface area (Å²) >= 11 is 0. The highest BCUT2D eigenvalue weighted by Crippen LogP contribution is 2.37. The van der Waals surface area contributed by atoms with Gasteiger partial charge in [-0.05, 0) is 29.8 Å². The summed E-state index contributed by atoms with van der Waals surface area (Å²) in [4.78, 5) is 12.6. The van der Waals surface area contributed by atoms with Gasteiger partial charge in [0.1, 0.15) is 11.8 Å². The quantitative estimate of drug-likeness (QED) is 0.845. The van der Waals surface area contributed by atoms with Gasteiger partial charge in [-0.15, -0.1) is 0 Å². The highest BCUT2D eigenvalue weighted by molar-refractivity contribution is 7.89. The molecule has 8 nitrogen and oxygen atoms in total. The molecule has 1 N–H and O–H groups in total. The van der Waals surface area contributed by atoms with E-state index in [1.54, 1.807) is 37.4 Å². The second kappa shape index (κ2) is 6.75. The van der Waals surface area contributed by atoms with Crippen molar-refractivity contribution in [3.63, 3.8) is 0 Å². The van der Waals surface area contributed by atoms with Crippen LogP contribution < -0.4 is 19.5 Å². The number of hydrogen-bond donors (Lipinski definition) is 1. The van der Waals surface area contributed by atoms with Crippen molar-refractivity contribution in [3.8, 4) is 17.2 Å². The molecular weight excluding hydrogens is 372 g/mol. The Morgan fingerprint density at radius 1 is 1.11 bits per heavy atom. The first-order chi connectivity index (χ1) is 13.0. The van der Waals surface area contributed by atoms with Gasteiger partial charge >= 0.3 is 0 Å². The molecule has 1 saturated heterocycles. The van der Waals surface area contributed by atoms with Gasteiger partial charge in [-0.3, -0.25) is 4.79 Å². The molecule has 1 amide bonds. The van der Waals surface area contributed by atoms with Gasteiger partial charge in [0.25, 0.3) is 0 Å². The van der Waals surface area contributed by atoms with E-state index in [4.69, 9.17) is 14.2 Å². The van der Waals surface area contributed by atoms with Crippen molar-refractivity contribution in [3.05, 3.63) is 48.0 Å². The van der Waals surface area contributed by atoms with Crippen molar-refractivity contribution in [2.45, 2.75) is 10.9 Å². The molecule has 4 rings (SSSR count). The second-order valence-corrected chi connectivity index (χ2v) is 7.99. The average molecular weight is 390 g/mol. The van der Waals surface area contributed by atoms with Crippen LogP contribution in [0.3, 0.4) is 0 Å². The molecule has 1 atom stereocenters. The molecule has 1 fully saturated rings. The lowest BCUT2D eigenvalue weighted by Gasteiger charge is -2.34. The maximum Gasteiger partial charge on any atom is 0.244 e. The van der Waals surface area contributed by atoms with Crippen molar-refractivity contribution in [2.75, 3.05) is 27.0 Å². The Balaban J connectivity index is 1.73. The minimum Gasteiger partial charge on any atom is -0.497 e. The van der Waals surface area contributed by atoms with E-state index in [0.29, 0.717) is 22.8 Å². The predicted molar refractivity (Wildman–Crippen MR) is 95.2 cm³/mol. The maximum absolute atomic E-state index is 13.3. The van der Waals surface area contributed by atoms with E-state index in [2.05, 4.69) is 5.32 Å². The smallest absolute Gasteiger partial charge is 0.244 e. The van der Waals surface area contributed by atoms with Crippen molar-refractivity contribution in [2.24, 2.45) is 0 Å². The molecule has 2 heterocycles. The molecule has 2 aromatic rings. The summed E-state index contributed by atoms with van der Waals surface area (Å²) in [6, 6.07) is 10.3. The zero-order chi connectivity index (χ0) is 19.0. The van der Waals surface area contributed by atoms with Crippen molar-refractivity contribution < 1.29 is 27.4 Å². The summed E-state index contributed by atoms with van der Waals surface area (Å²) < 4.78 is 43.4. The van der Waals surface area contributed by atoms with E-state index in [1.165, 1.54) is 16.4 Å². The fraction of sp³-hybridized carbons (Fsp3) is 0.278. The summed E-state index contributed by atoms with van der Waals surface area (Å²) in [6.45, 7) is 0.466. The molecule has 27 heavy (non-hydrogen) atoms. The highest BCUT2D eigenvalue weighted by atomic mass is 32.2. The molecule has 1 unspecified atom stereocenters. The number of rotatable bonds is 4. The molecule has 9 heteroatoms. The number of fused-ring (bicyclic) bond motifs is 1. The lowest BCUT2D eigenvalue weighted by molar-refractivity contribution is -0.126. The maximum atomic E-state index is 13.3. The number of carbonyl (C=O) groups is 1. The van der Waals surface area contributed by atoms with Crippen LogP contribution in [0.2, 0.25) is 0 Å². The van der Waals surface area contributed by atoms with Crippen molar-refractivity contribution >= 4 is 15.9 Å². The molecular formula is C18H18N2O6S. The predicted octanol–water partition coefficient (Wildman–Crippen LogP) is 1.29. The van der Waals surface area contributed by atoms with Crippen LogP contribution in [0.1, 0.15) is 11.6 Å². The molecule has 2 aromatic carbocycles. The zero-order valence-corrected chi connectivity index (χ0v) is 15.4. The largest absolute Gasteiger partial charge is 0.497 e. The van der Waals surface area contributed by atoms with Crippen molar-refractivity contribution in [1.82, 2.24) is 9.62 Å². The third-order valence-corrected chi connectivity index (χ3v) is 6.41. The third-order valence-electron chi connectivity index (χ3n) is 4.55. The summed E-state index contributed by atoms with van der Waals surface area (Å²) in [6.07, 6.45) is 0. The number of methoxy groups -OCH3 is 1. The van der Waals surface area contributed by atoms with Gasteiger partial charge in [0, 0.05) is 19.2 Å². The Hall–Kier alpha value is -2.78. The first-order valence-electron chi connectivity index (χ1n) is 8.34. The van der Waals surface area contributed by atoms with Gasteiger partial charge in [-0.2, -0.15) is 4.31 Å². The summed E-state index contributed by atoms with van der Waals surface area (Å²) in [7, 11) is -2.38. The Morgan fingerprint density at radius 3 is 2.59 bits per heavy atom. The van der Waals surface area contributed by atoms with Crippen LogP contribution in [0, 0.1) is 0 Å². The van der Waals surface area contributed by atoms with Gasteiger partial charge in [0.15, 0.2) is 11.5 Å². The number of piperazine rings is 1. The highest BCUT2D eigenvalue weighted by Gasteiger charge is 2.40. The number of nitrogens with zero attached hydrogens (tertiary/aromatic N) is 1. The first-order valence-corrected chi connectivity index (χ1v) is 9.78. The number of nitrogens with one attached hydrogen (secondary N) is 1. The molecule has 2 aliphatic rings. The zero-order valence-electron chi connectivity index (χ0n) is 14.5. The molecule has 0 aromatic heterocycles. The number of amides is 1. The second-order valence-electron chi connectivity index (χ2n) is 6.10. The van der Waals surface area contributed by atoms with Crippen LogP contribution in [0.25, 0.3) is 0 Å². The Kier molecular flexibility index (Phi) is 4.40. The monoisotopic (exact) mass is 390 g/mol. The average Bonchev–Trinajstić information content (AvgIpc) is 3.16. The van der Waals surface area contributed by atoms with Crippen LogP contribution >= 0.6 is 0 Å². The lowest BCUT2D eigenvalue weighted by atomic mass is 10.0. The first kappa shape index (κ1) is 17.6. The minimum atomic E-state index is -3.92. The van der Waals surface area contributed by atoms with Crippen LogP contribution in [0.4, 0.5) is 0 Å². The SMILES string of the molecule is COc1ccc(C2C(=O)NCCN2S(=O)(=O)c2ccc3c(c2)OCO3)cc1. The standard InChI is InChI=1S/C18H18N2O6S/c1-24-13-4-2-12(3-5-13)17-18(21)19-8-9-20(17)27(22,23)14-6-7-15-16(10-14)26-11-25-15/h2-7,10,17H,8-9,11H2,1H3,(H,19,21). The fourth-order valence-electron chi connectivity index (χ4n) is 3.18. The van der Waals surface area contributed by atoms with E-state index in [1.807, 2.05) is 0 Å². The number of ether oxygens (including phenoxy) is 3. The number of carbonyl (C=O) groups excluding carboxylic acids is 1. The molecule has 0 radical (unpaired) electrons. The van der Waals surface area contributed by atoms with E-state index in [9.17, 15) is 13.2 Å². The van der Waals surface area contributed by atoms with Gasteiger partial charge in [0.2, 0.25) is 22.7 Å². The van der Waals surface area contributed by atoms with Crippen LogP contribution in [-0.2, 0) is 14.8 Å². The number of sulfonamides is 1. The van der Waals surface area contributed by atoms with E-state index in [-0.39, 0.29) is 30.7 Å². The minimum absolute atomic E-state index is 0.0550. The van der Waals surface area contributed by atoms with E-state index < -0.39 is 16.1 Å². The normalized spacial score (nSPS) is 19.6. The van der Waals surface area contributed by atoms with Crippen LogP contribution in [0.5, 0.6) is 17.2 Å². The summed E-state index contributed by atoms with van der Waals surface area (Å²) in [5.41, 5.74) is 0.567. The van der Waals surface area contributed by atoms with Crippen LogP contribution in [0.15, 0.2) is 47.4 Å². The third kappa shape index (κ3) is 3.08. The topological polar surface area (TPSA) is 94.2 Å². The van der Waals surface area contributed by atoms with E-state index >= 15 is 0 Å². The summed E-state index contributed by atoms with van der Waals surface area (Å²) in [5.74, 6) is 1.13. The molecule has 142 valence electrons. The van der Waals surface area contributed by atoms with Crippen LogP contribution in [-0.4, -0.2) is 45.6 Å². The molecule has 0 saturated carbocycles. The van der Waals surface area contributed by atoms with Gasteiger partial charge < -0.3 is 19.5 Å². The van der Waals surface area contributed by atoms with Gasteiger partial charge in [-0.1, -0.05) is 12.1 Å². The molecule has 2 aliphatic heterocycles. The Morgan fingerprint density at radius 2 is 1.85 bits per heavy atom. The lowest BCUT2D eigenvalue weighted by Crippen LogP contribution is -2.52. The molecule has 0 spiro atoms. The van der Waals surface area contributed by atoms with E-state index in [0.717, 1.165) is 0 Å². The number of hydrogen-bond acceptors (Lipinski definition) is 6. The van der Waals surface area contributed by atoms with Gasteiger partial charge in [0.05, 0.1) is 12.0 Å². The fourth-order valence-corrected chi connectivity index (χ4v) is 4.77.